The first-order valence-electron chi connectivity index (χ1n) is 6.67. The predicted molar refractivity (Wildman–Crippen MR) is 77.7 cm³/mol. The zero-order valence-corrected chi connectivity index (χ0v) is 12.6. The highest BCUT2D eigenvalue weighted by Crippen LogP contribution is 2.38. The topological polar surface area (TPSA) is 41.6 Å². The average molecular weight is 280 g/mol. The zero-order chi connectivity index (χ0) is 15.1. The van der Waals surface area contributed by atoms with Gasteiger partial charge in [-0.3, -0.25) is 4.90 Å². The van der Waals surface area contributed by atoms with Gasteiger partial charge in [0.05, 0.1) is 16.9 Å². The third kappa shape index (κ3) is 2.71. The Bertz CT molecular complexity index is 535. The number of carbonyl (C=O) groups excluding carboxylic acids is 1. The standard InChI is InChI=1S/C15H21FN2O2/c1-14(2,3)20-13(19)18-11-8-6-7-10(16)12(11)17-9-15(18,4)5/h6-8,17H,9H2,1-5H3. The first kappa shape index (κ1) is 14.6. The number of halogens is 1. The van der Waals surface area contributed by atoms with Gasteiger partial charge in [0.1, 0.15) is 11.4 Å². The Morgan fingerprint density at radius 3 is 2.65 bits per heavy atom. The van der Waals surface area contributed by atoms with Crippen LogP contribution in [0.1, 0.15) is 34.6 Å². The van der Waals surface area contributed by atoms with Crippen molar-refractivity contribution in [1.82, 2.24) is 0 Å². The van der Waals surface area contributed by atoms with Gasteiger partial charge >= 0.3 is 6.09 Å². The largest absolute Gasteiger partial charge is 0.443 e. The molecule has 0 saturated heterocycles. The maximum Gasteiger partial charge on any atom is 0.415 e. The summed E-state index contributed by atoms with van der Waals surface area (Å²) in [6, 6.07) is 4.68. The Balaban J connectivity index is 2.45. The molecule has 0 atom stereocenters. The lowest BCUT2D eigenvalue weighted by atomic mass is 9.98. The molecule has 0 unspecified atom stereocenters. The molecule has 0 saturated carbocycles. The van der Waals surface area contributed by atoms with E-state index in [9.17, 15) is 9.18 Å². The highest BCUT2D eigenvalue weighted by molar-refractivity contribution is 5.95. The number of hydrogen-bond donors (Lipinski definition) is 1. The molecule has 0 radical (unpaired) electrons. The molecule has 110 valence electrons. The van der Waals surface area contributed by atoms with Crippen LogP contribution in [0.15, 0.2) is 18.2 Å². The van der Waals surface area contributed by atoms with Crippen LogP contribution in [0.4, 0.5) is 20.6 Å². The zero-order valence-electron chi connectivity index (χ0n) is 12.6. The van der Waals surface area contributed by atoms with E-state index in [2.05, 4.69) is 5.32 Å². The van der Waals surface area contributed by atoms with Crippen molar-refractivity contribution in [3.05, 3.63) is 24.0 Å². The van der Waals surface area contributed by atoms with Crippen LogP contribution in [0.5, 0.6) is 0 Å². The van der Waals surface area contributed by atoms with Gasteiger partial charge < -0.3 is 10.1 Å². The number of nitrogens with one attached hydrogen (secondary N) is 1. The Labute approximate surface area is 118 Å². The van der Waals surface area contributed by atoms with Gasteiger partial charge in [-0.1, -0.05) is 6.07 Å². The number of benzene rings is 1. The minimum absolute atomic E-state index is 0.345. The van der Waals surface area contributed by atoms with Crippen LogP contribution in [-0.2, 0) is 4.74 Å². The molecule has 1 aromatic rings. The summed E-state index contributed by atoms with van der Waals surface area (Å²) in [7, 11) is 0. The molecule has 5 heteroatoms. The second kappa shape index (κ2) is 4.65. The molecule has 0 fully saturated rings. The van der Waals surface area contributed by atoms with Gasteiger partial charge in [0.2, 0.25) is 0 Å². The number of para-hydroxylation sites is 1. The lowest BCUT2D eigenvalue weighted by Crippen LogP contribution is -2.56. The van der Waals surface area contributed by atoms with Crippen molar-refractivity contribution in [3.8, 4) is 0 Å². The monoisotopic (exact) mass is 280 g/mol. The fourth-order valence-electron chi connectivity index (χ4n) is 2.24. The summed E-state index contributed by atoms with van der Waals surface area (Å²) in [5.74, 6) is -0.369. The Kier molecular flexibility index (Phi) is 3.40. The van der Waals surface area contributed by atoms with E-state index in [0.29, 0.717) is 17.9 Å². The van der Waals surface area contributed by atoms with E-state index in [1.54, 1.807) is 12.1 Å². The molecular weight excluding hydrogens is 259 g/mol. The third-order valence-electron chi connectivity index (χ3n) is 3.11. The molecule has 0 bridgehead atoms. The molecule has 1 aliphatic heterocycles. The van der Waals surface area contributed by atoms with Gasteiger partial charge in [0, 0.05) is 6.54 Å². The van der Waals surface area contributed by atoms with Crippen molar-refractivity contribution in [2.75, 3.05) is 16.8 Å². The molecule has 1 N–H and O–H groups in total. The van der Waals surface area contributed by atoms with E-state index in [4.69, 9.17) is 4.74 Å². The van der Waals surface area contributed by atoms with E-state index in [0.717, 1.165) is 0 Å². The van der Waals surface area contributed by atoms with Gasteiger partial charge in [-0.2, -0.15) is 0 Å². The second-order valence-electron chi connectivity index (χ2n) is 6.62. The lowest BCUT2D eigenvalue weighted by Gasteiger charge is -2.43. The fourth-order valence-corrected chi connectivity index (χ4v) is 2.24. The average Bonchev–Trinajstić information content (AvgIpc) is 2.24. The van der Waals surface area contributed by atoms with Crippen molar-refractivity contribution in [2.24, 2.45) is 0 Å². The fraction of sp³-hybridized carbons (Fsp3) is 0.533. The highest BCUT2D eigenvalue weighted by atomic mass is 19.1. The van der Waals surface area contributed by atoms with Crippen LogP contribution in [0.2, 0.25) is 0 Å². The van der Waals surface area contributed by atoms with E-state index in [1.807, 2.05) is 34.6 Å². The summed E-state index contributed by atoms with van der Waals surface area (Å²) in [4.78, 5) is 14.0. The van der Waals surface area contributed by atoms with E-state index in [-0.39, 0.29) is 5.82 Å². The number of anilines is 2. The maximum absolute atomic E-state index is 13.9. The van der Waals surface area contributed by atoms with Crippen LogP contribution in [-0.4, -0.2) is 23.8 Å². The number of carbonyl (C=O) groups is 1. The van der Waals surface area contributed by atoms with Crippen LogP contribution in [0.3, 0.4) is 0 Å². The molecule has 2 rings (SSSR count). The lowest BCUT2D eigenvalue weighted by molar-refractivity contribution is 0.0546. The predicted octanol–water partition coefficient (Wildman–Crippen LogP) is 3.77. The number of fused-ring (bicyclic) bond motifs is 1. The second-order valence-corrected chi connectivity index (χ2v) is 6.62. The molecule has 0 aliphatic carbocycles. The van der Waals surface area contributed by atoms with Crippen LogP contribution in [0.25, 0.3) is 0 Å². The molecule has 0 aromatic heterocycles. The van der Waals surface area contributed by atoms with Crippen molar-refractivity contribution < 1.29 is 13.9 Å². The summed E-state index contributed by atoms with van der Waals surface area (Å²) in [5.41, 5.74) is -0.234. The first-order chi connectivity index (χ1) is 9.12. The van der Waals surface area contributed by atoms with Gasteiger partial charge in [0.15, 0.2) is 0 Å². The number of nitrogens with zero attached hydrogens (tertiary/aromatic N) is 1. The summed E-state index contributed by atoms with van der Waals surface area (Å²) >= 11 is 0. The molecule has 1 heterocycles. The van der Waals surface area contributed by atoms with Crippen LogP contribution >= 0.6 is 0 Å². The summed E-state index contributed by atoms with van der Waals surface area (Å²) in [5, 5.41) is 3.04. The van der Waals surface area contributed by atoms with E-state index >= 15 is 0 Å². The maximum atomic E-state index is 13.9. The highest BCUT2D eigenvalue weighted by Gasteiger charge is 2.40. The van der Waals surface area contributed by atoms with Crippen molar-refractivity contribution in [2.45, 2.75) is 45.8 Å². The Hall–Kier alpha value is -1.78. The smallest absolute Gasteiger partial charge is 0.415 e. The van der Waals surface area contributed by atoms with Gasteiger partial charge in [-0.25, -0.2) is 9.18 Å². The van der Waals surface area contributed by atoms with Crippen LogP contribution in [0, 0.1) is 5.82 Å². The summed E-state index contributed by atoms with van der Waals surface area (Å²) in [6.07, 6.45) is -0.462. The van der Waals surface area contributed by atoms with Gasteiger partial charge in [0.25, 0.3) is 0 Å². The summed E-state index contributed by atoms with van der Waals surface area (Å²) < 4.78 is 19.3. The quantitative estimate of drug-likeness (QED) is 0.786. The first-order valence-corrected chi connectivity index (χ1v) is 6.67. The SMILES string of the molecule is CC(C)(C)OC(=O)N1c2cccc(F)c2NCC1(C)C. The van der Waals surface area contributed by atoms with Crippen molar-refractivity contribution >= 4 is 17.5 Å². The molecule has 1 aliphatic rings. The minimum atomic E-state index is -0.592. The van der Waals surface area contributed by atoms with E-state index < -0.39 is 17.2 Å². The number of ether oxygens (including phenoxy) is 1. The van der Waals surface area contributed by atoms with Crippen LogP contribution < -0.4 is 10.2 Å². The third-order valence-corrected chi connectivity index (χ3v) is 3.11. The molecule has 20 heavy (non-hydrogen) atoms. The van der Waals surface area contributed by atoms with Gasteiger partial charge in [-0.05, 0) is 46.8 Å². The molecule has 4 nitrogen and oxygen atoms in total. The number of hydrogen-bond acceptors (Lipinski definition) is 3. The Morgan fingerprint density at radius 2 is 2.05 bits per heavy atom. The number of rotatable bonds is 0. The van der Waals surface area contributed by atoms with Gasteiger partial charge in [-0.15, -0.1) is 0 Å². The molecule has 1 aromatic carbocycles. The molecule has 1 amide bonds. The minimum Gasteiger partial charge on any atom is -0.443 e. The molecular formula is C15H21FN2O2. The van der Waals surface area contributed by atoms with E-state index in [1.165, 1.54) is 11.0 Å². The molecule has 0 spiro atoms. The summed E-state index contributed by atoms with van der Waals surface area (Å²) in [6.45, 7) is 9.72. The van der Waals surface area contributed by atoms with Crippen molar-refractivity contribution in [3.63, 3.8) is 0 Å². The Morgan fingerprint density at radius 1 is 1.40 bits per heavy atom. The van der Waals surface area contributed by atoms with Crippen molar-refractivity contribution in [1.29, 1.82) is 0 Å². The normalized spacial score (nSPS) is 17.2. The number of amides is 1.